The molecule has 0 aliphatic carbocycles. The Bertz CT molecular complexity index is 1390. The van der Waals surface area contributed by atoms with Crippen molar-refractivity contribution in [2.75, 3.05) is 5.73 Å². The van der Waals surface area contributed by atoms with Gasteiger partial charge >= 0.3 is 5.97 Å². The number of nitrogens with two attached hydrogens (primary N) is 3. The zero-order valence-corrected chi connectivity index (χ0v) is 17.4. The second-order valence-corrected chi connectivity index (χ2v) is 8.16. The molecule has 0 bridgehead atoms. The number of carbonyl (C=O) groups excluding carboxylic acids is 1. The van der Waals surface area contributed by atoms with Crippen molar-refractivity contribution >= 4 is 27.6 Å². The molecule has 0 aliphatic heterocycles. The van der Waals surface area contributed by atoms with Crippen LogP contribution < -0.4 is 16.6 Å². The zero-order chi connectivity index (χ0) is 23.5. The normalized spacial score (nSPS) is 10.8. The number of benzene rings is 2. The van der Waals surface area contributed by atoms with Crippen molar-refractivity contribution in [3.8, 4) is 23.0 Å². The Balaban J connectivity index is 2.24. The van der Waals surface area contributed by atoms with E-state index in [0.717, 1.165) is 0 Å². The van der Waals surface area contributed by atoms with Gasteiger partial charge in [0.15, 0.2) is 5.69 Å². The predicted molar refractivity (Wildman–Crippen MR) is 118 cm³/mol. The number of nitrogen functional groups attached to an aromatic ring is 1. The summed E-state index contributed by atoms with van der Waals surface area (Å²) in [5.41, 5.74) is 12.0. The number of nitrogens with zero attached hydrogens (tertiary/aromatic N) is 1. The Morgan fingerprint density at radius 2 is 1.78 bits per heavy atom. The van der Waals surface area contributed by atoms with Crippen molar-refractivity contribution in [3.63, 3.8) is 0 Å². The molecule has 32 heavy (non-hydrogen) atoms. The topological polar surface area (TPSA) is 179 Å². The molecular formula is C22H18N4O5S. The number of carboxylic acid groups (broad SMARTS) is 1. The van der Waals surface area contributed by atoms with E-state index in [9.17, 15) is 23.1 Å². The van der Waals surface area contributed by atoms with Gasteiger partial charge in [0.05, 0.1) is 11.3 Å². The van der Waals surface area contributed by atoms with Crippen LogP contribution in [0.1, 0.15) is 32.0 Å². The number of anilines is 1. The van der Waals surface area contributed by atoms with Crippen LogP contribution in [0.25, 0.3) is 11.1 Å². The summed E-state index contributed by atoms with van der Waals surface area (Å²) in [6.07, 6.45) is 1.29. The van der Waals surface area contributed by atoms with Gasteiger partial charge in [0, 0.05) is 23.7 Å². The van der Waals surface area contributed by atoms with E-state index in [1.165, 1.54) is 12.3 Å². The zero-order valence-electron chi connectivity index (χ0n) is 16.6. The van der Waals surface area contributed by atoms with Crippen molar-refractivity contribution in [1.82, 2.24) is 4.98 Å². The lowest BCUT2D eigenvalue weighted by atomic mass is 9.96. The molecule has 0 atom stereocenters. The van der Waals surface area contributed by atoms with Gasteiger partial charge in [0.2, 0.25) is 10.0 Å². The third-order valence-electron chi connectivity index (χ3n) is 4.53. The summed E-state index contributed by atoms with van der Waals surface area (Å²) in [5.74, 6) is 3.10. The summed E-state index contributed by atoms with van der Waals surface area (Å²) >= 11 is 0. The minimum Gasteiger partial charge on any atom is -0.477 e. The highest BCUT2D eigenvalue weighted by Crippen LogP contribution is 2.34. The molecule has 9 nitrogen and oxygen atoms in total. The van der Waals surface area contributed by atoms with E-state index < -0.39 is 32.4 Å². The molecule has 2 aromatic carbocycles. The number of rotatable bonds is 5. The van der Waals surface area contributed by atoms with Gasteiger partial charge in [0.1, 0.15) is 4.90 Å². The lowest BCUT2D eigenvalue weighted by Crippen LogP contribution is -2.24. The van der Waals surface area contributed by atoms with Gasteiger partial charge in [-0.1, -0.05) is 48.2 Å². The van der Waals surface area contributed by atoms with E-state index in [4.69, 9.17) is 16.6 Å². The average molecular weight is 450 g/mol. The van der Waals surface area contributed by atoms with Gasteiger partial charge in [-0.15, -0.1) is 0 Å². The second-order valence-electron chi connectivity index (χ2n) is 6.66. The standard InChI is InChI=1S/C22H18N4O5S/c23-18-16(13-6-2-1-3-7-13)12-15(20(32(25,30)31)17(18)21(24)27)9-4-8-14-10-5-11-26-19(14)22(28)29/h1-3,5-7,10-12H,8,23H2,(H2,24,27)(H,28,29)(H2,25,30,31). The number of pyridine rings is 1. The molecule has 1 heterocycles. The van der Waals surface area contributed by atoms with Crippen molar-refractivity contribution in [1.29, 1.82) is 0 Å². The number of sulfonamides is 1. The Hall–Kier alpha value is -4.20. The number of primary amides is 1. The number of aromatic carboxylic acids is 1. The van der Waals surface area contributed by atoms with Crippen molar-refractivity contribution in [3.05, 3.63) is 77.1 Å². The monoisotopic (exact) mass is 450 g/mol. The maximum atomic E-state index is 12.3. The average Bonchev–Trinajstić information content (AvgIpc) is 2.74. The first-order chi connectivity index (χ1) is 15.1. The van der Waals surface area contributed by atoms with Crippen LogP contribution in [0, 0.1) is 11.8 Å². The van der Waals surface area contributed by atoms with Gasteiger partial charge in [-0.3, -0.25) is 4.79 Å². The maximum Gasteiger partial charge on any atom is 0.354 e. The van der Waals surface area contributed by atoms with Crippen molar-refractivity contribution in [2.45, 2.75) is 11.3 Å². The van der Waals surface area contributed by atoms with E-state index in [1.54, 1.807) is 42.5 Å². The largest absolute Gasteiger partial charge is 0.477 e. The Morgan fingerprint density at radius 1 is 1.09 bits per heavy atom. The first-order valence-corrected chi connectivity index (χ1v) is 10.7. The molecule has 3 rings (SSSR count). The highest BCUT2D eigenvalue weighted by Gasteiger charge is 2.27. The lowest BCUT2D eigenvalue weighted by molar-refractivity contribution is 0.0689. The Labute approximate surface area is 183 Å². The molecule has 7 N–H and O–H groups in total. The number of aromatic nitrogens is 1. The molecule has 162 valence electrons. The molecule has 3 aromatic rings. The molecule has 1 aromatic heterocycles. The van der Waals surface area contributed by atoms with E-state index in [2.05, 4.69) is 16.8 Å². The fraction of sp³-hybridized carbons (Fsp3) is 0.0455. The fourth-order valence-electron chi connectivity index (χ4n) is 3.18. The SMILES string of the molecule is NC(=O)c1c(N)c(-c2ccccc2)cc(C#CCc2cccnc2C(=O)O)c1S(N)(=O)=O. The van der Waals surface area contributed by atoms with Crippen LogP contribution in [0.15, 0.2) is 59.6 Å². The maximum absolute atomic E-state index is 12.3. The fourth-order valence-corrected chi connectivity index (χ4v) is 4.09. The van der Waals surface area contributed by atoms with Crippen LogP contribution in [0.2, 0.25) is 0 Å². The van der Waals surface area contributed by atoms with Crippen LogP contribution in [-0.4, -0.2) is 30.4 Å². The van der Waals surface area contributed by atoms with E-state index >= 15 is 0 Å². The summed E-state index contributed by atoms with van der Waals surface area (Å²) in [4.78, 5) is 26.7. The second kappa shape index (κ2) is 8.89. The third kappa shape index (κ3) is 4.59. The highest BCUT2D eigenvalue weighted by molar-refractivity contribution is 7.89. The van der Waals surface area contributed by atoms with Crippen LogP contribution in [0.4, 0.5) is 5.69 Å². The number of carboxylic acids is 1. The number of primary sulfonamides is 1. The van der Waals surface area contributed by atoms with Crippen molar-refractivity contribution in [2.24, 2.45) is 10.9 Å². The molecule has 0 unspecified atom stereocenters. The van der Waals surface area contributed by atoms with Crippen molar-refractivity contribution < 1.29 is 23.1 Å². The number of carbonyl (C=O) groups is 2. The summed E-state index contributed by atoms with van der Waals surface area (Å²) in [7, 11) is -4.44. The van der Waals surface area contributed by atoms with Crippen LogP contribution in [0.3, 0.4) is 0 Å². The molecule has 0 saturated carbocycles. The molecular weight excluding hydrogens is 432 g/mol. The van der Waals surface area contributed by atoms with Gasteiger partial charge in [-0.05, 0) is 23.3 Å². The molecule has 0 aliphatic rings. The smallest absolute Gasteiger partial charge is 0.354 e. The first kappa shape index (κ1) is 22.5. The minimum atomic E-state index is -4.44. The minimum absolute atomic E-state index is 0.0452. The van der Waals surface area contributed by atoms with E-state index in [-0.39, 0.29) is 23.4 Å². The lowest BCUT2D eigenvalue weighted by Gasteiger charge is -2.15. The summed E-state index contributed by atoms with van der Waals surface area (Å²) in [6.45, 7) is 0. The third-order valence-corrected chi connectivity index (χ3v) is 5.52. The van der Waals surface area contributed by atoms with Gasteiger partial charge in [-0.25, -0.2) is 23.3 Å². The van der Waals surface area contributed by atoms with E-state index in [0.29, 0.717) is 16.7 Å². The molecule has 10 heteroatoms. The van der Waals surface area contributed by atoms with Crippen LogP contribution >= 0.6 is 0 Å². The van der Waals surface area contributed by atoms with Crippen LogP contribution in [0.5, 0.6) is 0 Å². The first-order valence-electron chi connectivity index (χ1n) is 9.11. The van der Waals surface area contributed by atoms with Gasteiger partial charge in [-0.2, -0.15) is 0 Å². The van der Waals surface area contributed by atoms with Gasteiger partial charge < -0.3 is 16.6 Å². The molecule has 0 saturated heterocycles. The number of hydrogen-bond acceptors (Lipinski definition) is 6. The molecule has 0 fully saturated rings. The highest BCUT2D eigenvalue weighted by atomic mass is 32.2. The van der Waals surface area contributed by atoms with E-state index in [1.807, 2.05) is 0 Å². The van der Waals surface area contributed by atoms with Gasteiger partial charge in [0.25, 0.3) is 5.91 Å². The number of amides is 1. The summed E-state index contributed by atoms with van der Waals surface area (Å²) < 4.78 is 24.6. The number of hydrogen-bond donors (Lipinski definition) is 4. The Kier molecular flexibility index (Phi) is 6.25. The molecule has 0 spiro atoms. The quantitative estimate of drug-likeness (QED) is 0.334. The van der Waals surface area contributed by atoms with Crippen LogP contribution in [-0.2, 0) is 16.4 Å². The molecule has 1 amide bonds. The predicted octanol–water partition coefficient (Wildman–Crippen LogP) is 1.37. The Morgan fingerprint density at radius 3 is 2.38 bits per heavy atom. The summed E-state index contributed by atoms with van der Waals surface area (Å²) in [6, 6.07) is 13.2. The molecule has 0 radical (unpaired) electrons. The summed E-state index contributed by atoms with van der Waals surface area (Å²) in [5, 5.41) is 14.6.